The summed E-state index contributed by atoms with van der Waals surface area (Å²) >= 11 is 0. The third kappa shape index (κ3) is 2.69. The first kappa shape index (κ1) is 14.2. The molecule has 0 aliphatic carbocycles. The van der Waals surface area contributed by atoms with Gasteiger partial charge in [0.2, 0.25) is 5.75 Å². The van der Waals surface area contributed by atoms with Crippen molar-refractivity contribution < 1.29 is 24.6 Å². The number of carbonyl (C=O) groups is 2. The number of aryl methyl sites for hydroxylation is 1. The van der Waals surface area contributed by atoms with Gasteiger partial charge in [0.05, 0.1) is 0 Å². The molecule has 0 aromatic carbocycles. The minimum absolute atomic E-state index is 0.209. The zero-order valence-corrected chi connectivity index (χ0v) is 10.9. The van der Waals surface area contributed by atoms with E-state index in [1.807, 2.05) is 0 Å². The highest BCUT2D eigenvalue weighted by atomic mass is 16.7. The van der Waals surface area contributed by atoms with Crippen molar-refractivity contribution in [2.75, 3.05) is 6.54 Å². The van der Waals surface area contributed by atoms with Crippen LogP contribution in [0.1, 0.15) is 36.1 Å². The van der Waals surface area contributed by atoms with Crippen molar-refractivity contribution in [3.63, 3.8) is 0 Å². The number of hydrogen-bond donors (Lipinski definition) is 2. The summed E-state index contributed by atoms with van der Waals surface area (Å²) in [5.74, 6) is -2.12. The van der Waals surface area contributed by atoms with E-state index in [-0.39, 0.29) is 5.82 Å². The fourth-order valence-corrected chi connectivity index (χ4v) is 1.95. The molecule has 1 aromatic rings. The van der Waals surface area contributed by atoms with Crippen molar-refractivity contribution in [2.24, 2.45) is 0 Å². The molecule has 1 aliphatic heterocycles. The molecule has 20 heavy (non-hydrogen) atoms. The molecular formula is C12H15N3O5. The van der Waals surface area contributed by atoms with Gasteiger partial charge in [0.15, 0.2) is 5.69 Å². The van der Waals surface area contributed by atoms with Crippen LogP contribution in [-0.4, -0.2) is 50.1 Å². The molecule has 8 heteroatoms. The van der Waals surface area contributed by atoms with E-state index in [1.54, 1.807) is 6.92 Å². The summed E-state index contributed by atoms with van der Waals surface area (Å²) in [5.41, 5.74) is -0.411. The lowest BCUT2D eigenvalue weighted by Crippen LogP contribution is -2.33. The number of carbonyl (C=O) groups excluding carboxylic acids is 2. The monoisotopic (exact) mass is 281 g/mol. The van der Waals surface area contributed by atoms with Crippen LogP contribution in [0, 0.1) is 0 Å². The maximum absolute atomic E-state index is 12.0. The van der Waals surface area contributed by atoms with Gasteiger partial charge in [-0.15, -0.1) is 5.06 Å². The maximum atomic E-state index is 12.0. The molecular weight excluding hydrogens is 266 g/mol. The van der Waals surface area contributed by atoms with Gasteiger partial charge in [-0.05, 0) is 12.8 Å². The van der Waals surface area contributed by atoms with Gasteiger partial charge in [0.1, 0.15) is 18.2 Å². The Bertz CT molecular complexity index is 534. The van der Waals surface area contributed by atoms with Crippen LogP contribution in [0.4, 0.5) is 0 Å². The summed E-state index contributed by atoms with van der Waals surface area (Å²) in [5, 5.41) is 20.3. The molecule has 2 N–H and O–H groups in total. The average molecular weight is 281 g/mol. The molecule has 1 saturated heterocycles. The molecule has 0 spiro atoms. The Morgan fingerprint density at radius 1 is 1.50 bits per heavy atom. The molecule has 0 amide bonds. The molecule has 1 aromatic heterocycles. The quantitative estimate of drug-likeness (QED) is 0.752. The van der Waals surface area contributed by atoms with E-state index in [2.05, 4.69) is 9.97 Å². The van der Waals surface area contributed by atoms with E-state index in [9.17, 15) is 19.8 Å². The molecule has 0 bridgehead atoms. The van der Waals surface area contributed by atoms with Crippen molar-refractivity contribution >= 4 is 12.3 Å². The van der Waals surface area contributed by atoms with Crippen molar-refractivity contribution in [3.8, 4) is 11.6 Å². The molecule has 8 nitrogen and oxygen atoms in total. The predicted octanol–water partition coefficient (Wildman–Crippen LogP) is 0.185. The van der Waals surface area contributed by atoms with Crippen LogP contribution in [0.5, 0.6) is 11.6 Å². The Labute approximate surface area is 115 Å². The maximum Gasteiger partial charge on any atom is 0.380 e. The normalized spacial score (nSPS) is 18.9. The number of nitrogens with zero attached hydrogens (tertiary/aromatic N) is 3. The number of hydroxylamine groups is 2. The first-order valence-electron chi connectivity index (χ1n) is 6.29. The Morgan fingerprint density at radius 2 is 2.25 bits per heavy atom. The van der Waals surface area contributed by atoms with Gasteiger partial charge in [-0.1, -0.05) is 6.92 Å². The molecule has 0 radical (unpaired) electrons. The lowest BCUT2D eigenvalue weighted by atomic mass is 10.2. The van der Waals surface area contributed by atoms with E-state index >= 15 is 0 Å². The molecule has 108 valence electrons. The average Bonchev–Trinajstić information content (AvgIpc) is 2.88. The zero-order chi connectivity index (χ0) is 14.7. The lowest BCUT2D eigenvalue weighted by Gasteiger charge is -2.18. The second-order valence-electron chi connectivity index (χ2n) is 4.38. The Kier molecular flexibility index (Phi) is 4.14. The summed E-state index contributed by atoms with van der Waals surface area (Å²) < 4.78 is 0. The second-order valence-corrected chi connectivity index (χ2v) is 4.38. The van der Waals surface area contributed by atoms with Crippen molar-refractivity contribution in [1.82, 2.24) is 15.0 Å². The zero-order valence-electron chi connectivity index (χ0n) is 10.9. The van der Waals surface area contributed by atoms with Crippen LogP contribution >= 0.6 is 0 Å². The molecule has 0 saturated carbocycles. The number of aromatic nitrogens is 2. The predicted molar refractivity (Wildman–Crippen MR) is 65.9 cm³/mol. The highest BCUT2D eigenvalue weighted by Gasteiger charge is 2.30. The van der Waals surface area contributed by atoms with Gasteiger partial charge in [0, 0.05) is 13.0 Å². The first-order chi connectivity index (χ1) is 9.56. The molecule has 2 heterocycles. The van der Waals surface area contributed by atoms with Crippen molar-refractivity contribution in [3.05, 3.63) is 11.5 Å². The standard InChI is InChI=1S/C12H15N3O5/c1-2-8-13-9(10(17)11(18)14-8)12(19)20-15-5-3-4-7(15)6-16/h6-7,17H,2-5H2,1H3,(H,13,14,18)/t7-/m0/s1. The second kappa shape index (κ2) is 5.83. The van der Waals surface area contributed by atoms with Crippen LogP contribution in [0.25, 0.3) is 0 Å². The Balaban J connectivity index is 2.20. The van der Waals surface area contributed by atoms with E-state index in [1.165, 1.54) is 5.06 Å². The van der Waals surface area contributed by atoms with Gasteiger partial charge < -0.3 is 19.8 Å². The largest absolute Gasteiger partial charge is 0.501 e. The highest BCUT2D eigenvalue weighted by Crippen LogP contribution is 2.27. The van der Waals surface area contributed by atoms with Gasteiger partial charge in [-0.2, -0.15) is 4.98 Å². The number of hydrogen-bond acceptors (Lipinski definition) is 8. The summed E-state index contributed by atoms with van der Waals surface area (Å²) in [6.45, 7) is 2.18. The van der Waals surface area contributed by atoms with Gasteiger partial charge in [-0.3, -0.25) is 0 Å². The van der Waals surface area contributed by atoms with Crippen LogP contribution in [-0.2, 0) is 16.1 Å². The molecule has 2 rings (SSSR count). The fraction of sp³-hybridized carbons (Fsp3) is 0.500. The molecule has 0 unspecified atom stereocenters. The first-order valence-corrected chi connectivity index (χ1v) is 6.29. The van der Waals surface area contributed by atoms with Gasteiger partial charge >= 0.3 is 5.97 Å². The summed E-state index contributed by atoms with van der Waals surface area (Å²) in [6.07, 6.45) is 2.43. The van der Waals surface area contributed by atoms with E-state index in [0.717, 1.165) is 6.42 Å². The fourth-order valence-electron chi connectivity index (χ4n) is 1.95. The number of aldehydes is 1. The molecule has 1 aliphatic rings. The SMILES string of the molecule is CCc1nc(O)c(O)c(C(=O)ON2CCC[C@H]2C=O)n1. The Hall–Kier alpha value is -2.22. The summed E-state index contributed by atoms with van der Waals surface area (Å²) in [6, 6.07) is -0.484. The van der Waals surface area contributed by atoms with E-state index in [4.69, 9.17) is 4.84 Å². The number of aromatic hydroxyl groups is 2. The third-order valence-electron chi connectivity index (χ3n) is 3.03. The van der Waals surface area contributed by atoms with Gasteiger partial charge in [0.25, 0.3) is 5.88 Å². The minimum atomic E-state index is -0.927. The van der Waals surface area contributed by atoms with E-state index in [0.29, 0.717) is 25.7 Å². The summed E-state index contributed by atoms with van der Waals surface area (Å²) in [4.78, 5) is 35.3. The Morgan fingerprint density at radius 3 is 2.90 bits per heavy atom. The van der Waals surface area contributed by atoms with Crippen molar-refractivity contribution in [1.29, 1.82) is 0 Å². The minimum Gasteiger partial charge on any atom is -0.501 e. The number of rotatable bonds is 4. The van der Waals surface area contributed by atoms with Crippen LogP contribution < -0.4 is 0 Å². The van der Waals surface area contributed by atoms with Crippen molar-refractivity contribution in [2.45, 2.75) is 32.2 Å². The smallest absolute Gasteiger partial charge is 0.380 e. The van der Waals surface area contributed by atoms with E-state index < -0.39 is 29.3 Å². The summed E-state index contributed by atoms with van der Waals surface area (Å²) in [7, 11) is 0. The lowest BCUT2D eigenvalue weighted by molar-refractivity contribution is -0.137. The van der Waals surface area contributed by atoms with Gasteiger partial charge in [-0.25, -0.2) is 9.78 Å². The third-order valence-corrected chi connectivity index (χ3v) is 3.03. The van der Waals surface area contributed by atoms with Crippen LogP contribution in [0.2, 0.25) is 0 Å². The highest BCUT2D eigenvalue weighted by molar-refractivity contribution is 5.90. The van der Waals surface area contributed by atoms with Crippen LogP contribution in [0.15, 0.2) is 0 Å². The molecule has 1 fully saturated rings. The van der Waals surface area contributed by atoms with Crippen LogP contribution in [0.3, 0.4) is 0 Å². The molecule has 1 atom stereocenters. The topological polar surface area (TPSA) is 113 Å².